The van der Waals surface area contributed by atoms with E-state index < -0.39 is 0 Å². The third-order valence-electron chi connectivity index (χ3n) is 3.99. The summed E-state index contributed by atoms with van der Waals surface area (Å²) in [6.07, 6.45) is 9.05. The summed E-state index contributed by atoms with van der Waals surface area (Å²) in [5.74, 6) is 1.71. The second-order valence-corrected chi connectivity index (χ2v) is 5.78. The van der Waals surface area contributed by atoms with Gasteiger partial charge in [0.15, 0.2) is 0 Å². The first-order valence-electron chi connectivity index (χ1n) is 8.09. The van der Waals surface area contributed by atoms with E-state index in [0.29, 0.717) is 0 Å². The Morgan fingerprint density at radius 1 is 1.28 bits per heavy atom. The monoisotopic (exact) mass is 331 g/mol. The van der Waals surface area contributed by atoms with Gasteiger partial charge in [0.25, 0.3) is 0 Å². The molecule has 5 nitrogen and oxygen atoms in total. The van der Waals surface area contributed by atoms with E-state index >= 15 is 0 Å². The molecule has 1 N–H and O–H groups in total. The van der Waals surface area contributed by atoms with Crippen LogP contribution in [0.3, 0.4) is 0 Å². The quantitative estimate of drug-likeness (QED) is 0.910. The number of pyridine rings is 2. The molecule has 0 bridgehead atoms. The van der Waals surface area contributed by atoms with Gasteiger partial charge in [0.2, 0.25) is 0 Å². The molecule has 0 radical (unpaired) electrons. The van der Waals surface area contributed by atoms with Gasteiger partial charge in [0, 0.05) is 37.8 Å². The van der Waals surface area contributed by atoms with E-state index in [1.54, 1.807) is 18.6 Å². The van der Waals surface area contributed by atoms with Gasteiger partial charge < -0.3 is 10.2 Å². The first-order valence-corrected chi connectivity index (χ1v) is 8.09. The smallest absolute Gasteiger partial charge is 0.137 e. The van der Waals surface area contributed by atoms with Gasteiger partial charge in [-0.15, -0.1) is 0 Å². The maximum atomic E-state index is 4.81. The van der Waals surface area contributed by atoms with Crippen LogP contribution in [0.1, 0.15) is 18.2 Å². The Morgan fingerprint density at radius 2 is 2.16 bits per heavy atom. The van der Waals surface area contributed by atoms with Gasteiger partial charge in [-0.3, -0.25) is 4.98 Å². The summed E-state index contributed by atoms with van der Waals surface area (Å²) in [6.45, 7) is 6.51. The Bertz CT molecular complexity index is 849. The molecule has 5 heteroatoms. The van der Waals surface area contributed by atoms with Crippen LogP contribution in [0.2, 0.25) is 0 Å². The van der Waals surface area contributed by atoms with Crippen LogP contribution in [0, 0.1) is 0 Å². The molecule has 2 aromatic heterocycles. The summed E-state index contributed by atoms with van der Waals surface area (Å²) in [7, 11) is 2.03. The number of hydrogen-bond acceptors (Lipinski definition) is 5. The second kappa shape index (κ2) is 7.57. The largest absolute Gasteiger partial charge is 0.355 e. The molecule has 1 aliphatic rings. The number of nitrogens with zero attached hydrogens (tertiary/aromatic N) is 4. The fourth-order valence-corrected chi connectivity index (χ4v) is 2.68. The van der Waals surface area contributed by atoms with E-state index in [-0.39, 0.29) is 0 Å². The first kappa shape index (κ1) is 16.6. The summed E-state index contributed by atoms with van der Waals surface area (Å²) in [4.78, 5) is 15.4. The molecule has 25 heavy (non-hydrogen) atoms. The maximum Gasteiger partial charge on any atom is 0.137 e. The number of hydrogen-bond donors (Lipinski definition) is 1. The van der Waals surface area contributed by atoms with E-state index in [9.17, 15) is 0 Å². The van der Waals surface area contributed by atoms with E-state index in [0.717, 1.165) is 40.6 Å². The third kappa shape index (κ3) is 3.83. The molecule has 0 fully saturated rings. The van der Waals surface area contributed by atoms with Crippen molar-refractivity contribution < 1.29 is 0 Å². The lowest BCUT2D eigenvalue weighted by Gasteiger charge is -2.19. The number of rotatable bonds is 5. The van der Waals surface area contributed by atoms with Crippen LogP contribution in [0.15, 0.2) is 78.3 Å². The standard InChI is InChI=1S/C20H21N5/c1-4-22-20-17(10-12-23-20)15(2)18-8-5-9-19(24-18)25(3)14-16-7-6-11-21-13-16/h4-13H,1,14H2,2-3H3,(H,22,23)/b17-15+. The number of amidine groups is 1. The van der Waals surface area contributed by atoms with Gasteiger partial charge in [0.05, 0.1) is 5.69 Å². The SMILES string of the molecule is C=CNC1=NC=C/C1=C(/C)c1cccc(N(C)Cc2cccnc2)n1. The van der Waals surface area contributed by atoms with Crippen molar-refractivity contribution in [2.24, 2.45) is 4.99 Å². The highest BCUT2D eigenvalue weighted by Gasteiger charge is 2.14. The van der Waals surface area contributed by atoms with Crippen molar-refractivity contribution in [3.63, 3.8) is 0 Å². The van der Waals surface area contributed by atoms with E-state index in [4.69, 9.17) is 4.98 Å². The number of anilines is 1. The van der Waals surface area contributed by atoms with Gasteiger partial charge in [0.1, 0.15) is 11.7 Å². The van der Waals surface area contributed by atoms with Crippen LogP contribution in [0.25, 0.3) is 5.57 Å². The minimum atomic E-state index is 0.755. The summed E-state index contributed by atoms with van der Waals surface area (Å²) in [5, 5.41) is 3.06. The third-order valence-corrected chi connectivity index (χ3v) is 3.99. The molecule has 0 amide bonds. The van der Waals surface area contributed by atoms with E-state index in [1.807, 2.05) is 43.6 Å². The van der Waals surface area contributed by atoms with Gasteiger partial charge in [-0.1, -0.05) is 18.7 Å². The van der Waals surface area contributed by atoms with Crippen LogP contribution in [0.4, 0.5) is 5.82 Å². The molecular formula is C20H21N5. The number of nitrogens with one attached hydrogen (secondary N) is 1. The summed E-state index contributed by atoms with van der Waals surface area (Å²) in [6, 6.07) is 10.1. The van der Waals surface area contributed by atoms with Crippen LogP contribution < -0.4 is 10.2 Å². The van der Waals surface area contributed by atoms with Gasteiger partial charge in [-0.25, -0.2) is 9.98 Å². The molecule has 0 saturated carbocycles. The van der Waals surface area contributed by atoms with Crippen molar-refractivity contribution in [1.82, 2.24) is 15.3 Å². The highest BCUT2D eigenvalue weighted by molar-refractivity contribution is 6.09. The zero-order chi connectivity index (χ0) is 17.6. The molecule has 126 valence electrons. The lowest BCUT2D eigenvalue weighted by molar-refractivity contribution is 0.890. The molecule has 0 unspecified atom stereocenters. The topological polar surface area (TPSA) is 53.4 Å². The van der Waals surface area contributed by atoms with Crippen molar-refractivity contribution in [2.75, 3.05) is 11.9 Å². The zero-order valence-electron chi connectivity index (χ0n) is 14.5. The zero-order valence-corrected chi connectivity index (χ0v) is 14.5. The van der Waals surface area contributed by atoms with Crippen LogP contribution in [0.5, 0.6) is 0 Å². The van der Waals surface area contributed by atoms with Crippen LogP contribution in [-0.4, -0.2) is 22.9 Å². The lowest BCUT2D eigenvalue weighted by atomic mass is 10.1. The van der Waals surface area contributed by atoms with Crippen molar-refractivity contribution in [1.29, 1.82) is 0 Å². The second-order valence-electron chi connectivity index (χ2n) is 5.78. The molecule has 3 heterocycles. The molecule has 3 rings (SSSR count). The molecule has 0 spiro atoms. The minimum absolute atomic E-state index is 0.755. The summed E-state index contributed by atoms with van der Waals surface area (Å²) in [5.41, 5.74) is 4.17. The first-order chi connectivity index (χ1) is 12.2. The number of aromatic nitrogens is 2. The molecular weight excluding hydrogens is 310 g/mol. The van der Waals surface area contributed by atoms with Crippen molar-refractivity contribution in [3.8, 4) is 0 Å². The Hall–Kier alpha value is -3.21. The Kier molecular flexibility index (Phi) is 5.04. The predicted molar refractivity (Wildman–Crippen MR) is 103 cm³/mol. The highest BCUT2D eigenvalue weighted by atomic mass is 15.2. The van der Waals surface area contributed by atoms with E-state index in [2.05, 4.69) is 39.8 Å². The fourth-order valence-electron chi connectivity index (χ4n) is 2.68. The van der Waals surface area contributed by atoms with Crippen LogP contribution >= 0.6 is 0 Å². The van der Waals surface area contributed by atoms with Crippen molar-refractivity contribution in [3.05, 3.63) is 84.6 Å². The van der Waals surface area contributed by atoms with Crippen molar-refractivity contribution in [2.45, 2.75) is 13.5 Å². The molecule has 1 aliphatic heterocycles. The Balaban J connectivity index is 1.85. The van der Waals surface area contributed by atoms with Gasteiger partial charge >= 0.3 is 0 Å². The molecule has 0 aliphatic carbocycles. The molecule has 0 saturated heterocycles. The van der Waals surface area contributed by atoms with Gasteiger partial charge in [-0.2, -0.15) is 0 Å². The fraction of sp³-hybridized carbons (Fsp3) is 0.150. The molecule has 0 aromatic carbocycles. The minimum Gasteiger partial charge on any atom is -0.355 e. The average molecular weight is 331 g/mol. The Morgan fingerprint density at radius 3 is 2.92 bits per heavy atom. The lowest BCUT2D eigenvalue weighted by Crippen LogP contribution is -2.19. The maximum absolute atomic E-state index is 4.81. The highest BCUT2D eigenvalue weighted by Crippen LogP contribution is 2.23. The average Bonchev–Trinajstić information content (AvgIpc) is 3.10. The Labute approximate surface area is 148 Å². The van der Waals surface area contributed by atoms with Gasteiger partial charge in [-0.05, 0) is 48.5 Å². The van der Waals surface area contributed by atoms with Crippen molar-refractivity contribution >= 4 is 17.2 Å². The predicted octanol–water partition coefficient (Wildman–Crippen LogP) is 3.55. The summed E-state index contributed by atoms with van der Waals surface area (Å²) >= 11 is 0. The number of aliphatic imine (C=N–C) groups is 1. The van der Waals surface area contributed by atoms with E-state index in [1.165, 1.54) is 0 Å². The normalized spacial score (nSPS) is 14.9. The molecule has 2 aromatic rings. The summed E-state index contributed by atoms with van der Waals surface area (Å²) < 4.78 is 0. The molecule has 0 atom stereocenters. The number of allylic oxidation sites excluding steroid dienone is 1. The van der Waals surface area contributed by atoms with Crippen LogP contribution in [-0.2, 0) is 6.54 Å².